The molecule has 0 radical (unpaired) electrons. The predicted octanol–water partition coefficient (Wildman–Crippen LogP) is 2.50. The largest absolute Gasteiger partial charge is 0.508 e. The summed E-state index contributed by atoms with van der Waals surface area (Å²) in [4.78, 5) is 20.7. The van der Waals surface area contributed by atoms with Gasteiger partial charge in [-0.15, -0.1) is 0 Å². The van der Waals surface area contributed by atoms with Crippen molar-refractivity contribution in [1.29, 1.82) is 0 Å². The van der Waals surface area contributed by atoms with Crippen LogP contribution in [0.15, 0.2) is 23.1 Å². The molecule has 1 unspecified atom stereocenters. The molecule has 1 heterocycles. The van der Waals surface area contributed by atoms with Crippen LogP contribution in [0.5, 0.6) is 5.75 Å². The van der Waals surface area contributed by atoms with Crippen molar-refractivity contribution >= 4 is 22.0 Å². The summed E-state index contributed by atoms with van der Waals surface area (Å²) in [6.07, 6.45) is -2.78. The van der Waals surface area contributed by atoms with Crippen molar-refractivity contribution in [3.05, 3.63) is 58.4 Å². The van der Waals surface area contributed by atoms with Crippen LogP contribution < -0.4 is 9.46 Å². The minimum atomic E-state index is -5.30. The van der Waals surface area contributed by atoms with E-state index >= 15 is 0 Å². The number of sulfonamides is 1. The Morgan fingerprint density at radius 3 is 2.23 bits per heavy atom. The number of ether oxygens (including phenoxy) is 2. The van der Waals surface area contributed by atoms with Gasteiger partial charge < -0.3 is 14.6 Å². The van der Waals surface area contributed by atoms with Gasteiger partial charge in [0.15, 0.2) is 33.9 Å². The van der Waals surface area contributed by atoms with E-state index in [1.807, 2.05) is 0 Å². The summed E-state index contributed by atoms with van der Waals surface area (Å²) in [6.45, 7) is -1.07. The Labute approximate surface area is 170 Å². The average molecular weight is 467 g/mol. The zero-order chi connectivity index (χ0) is 23.1. The fraction of sp³-hybridized carbons (Fsp3) is 0.176. The Morgan fingerprint density at radius 1 is 1.06 bits per heavy atom. The van der Waals surface area contributed by atoms with Crippen LogP contribution in [0.25, 0.3) is 0 Å². The van der Waals surface area contributed by atoms with E-state index in [0.29, 0.717) is 5.56 Å². The fourth-order valence-corrected chi connectivity index (χ4v) is 3.84. The quantitative estimate of drug-likeness (QED) is 0.220. The van der Waals surface area contributed by atoms with Crippen LogP contribution in [-0.2, 0) is 21.2 Å². The van der Waals surface area contributed by atoms with E-state index in [4.69, 9.17) is 9.84 Å². The molecule has 1 aliphatic rings. The van der Waals surface area contributed by atoms with E-state index in [-0.39, 0.29) is 17.7 Å². The van der Waals surface area contributed by atoms with Crippen LogP contribution in [0.2, 0.25) is 0 Å². The SMILES string of the molecule is O=C(O)OC1Cc2cc(C(=O)CNS(=O)(=O)c3c(F)c(F)c(F)c(F)c3F)ccc2O1. The number of fused-ring (bicyclic) bond motifs is 1. The third-order valence-electron chi connectivity index (χ3n) is 4.12. The monoisotopic (exact) mass is 467 g/mol. The normalized spacial score (nSPS) is 15.3. The van der Waals surface area contributed by atoms with Crippen LogP contribution in [0.3, 0.4) is 0 Å². The van der Waals surface area contributed by atoms with Crippen molar-refractivity contribution in [1.82, 2.24) is 4.72 Å². The van der Waals surface area contributed by atoms with Crippen molar-refractivity contribution in [3.63, 3.8) is 0 Å². The molecule has 1 atom stereocenters. The molecule has 2 N–H and O–H groups in total. The van der Waals surface area contributed by atoms with Crippen LogP contribution in [0.1, 0.15) is 15.9 Å². The summed E-state index contributed by atoms with van der Waals surface area (Å²) in [6, 6.07) is 3.72. The van der Waals surface area contributed by atoms with E-state index in [1.165, 1.54) is 22.9 Å². The molecule has 2 aromatic carbocycles. The summed E-state index contributed by atoms with van der Waals surface area (Å²) in [5, 5.41) is 8.58. The number of benzene rings is 2. The minimum Gasteiger partial charge on any atom is -0.454 e. The number of carboxylic acid groups (broad SMARTS) is 1. The van der Waals surface area contributed by atoms with Crippen molar-refractivity contribution in [2.45, 2.75) is 17.6 Å². The first kappa shape index (κ1) is 22.4. The molecular weight excluding hydrogens is 457 g/mol. The summed E-state index contributed by atoms with van der Waals surface area (Å²) < 4.78 is 102. The number of carbonyl (C=O) groups excluding carboxylic acids is 1. The third kappa shape index (κ3) is 4.29. The Balaban J connectivity index is 1.77. The Kier molecular flexibility index (Phi) is 5.87. The maximum absolute atomic E-state index is 13.7. The molecule has 166 valence electrons. The topological polar surface area (TPSA) is 119 Å². The molecule has 0 saturated heterocycles. The van der Waals surface area contributed by atoms with Crippen molar-refractivity contribution in [3.8, 4) is 5.75 Å². The van der Waals surface area contributed by atoms with Crippen molar-refractivity contribution < 1.29 is 54.5 Å². The lowest BCUT2D eigenvalue weighted by Crippen LogP contribution is -2.31. The van der Waals surface area contributed by atoms with Gasteiger partial charge in [0, 0.05) is 11.1 Å². The first-order valence-corrected chi connectivity index (χ1v) is 9.64. The number of hydrogen-bond donors (Lipinski definition) is 2. The maximum Gasteiger partial charge on any atom is 0.508 e. The van der Waals surface area contributed by atoms with Gasteiger partial charge >= 0.3 is 6.16 Å². The van der Waals surface area contributed by atoms with Crippen LogP contribution in [0.4, 0.5) is 26.7 Å². The summed E-state index contributed by atoms with van der Waals surface area (Å²) in [5.74, 6) is -13.3. The predicted molar refractivity (Wildman–Crippen MR) is 89.4 cm³/mol. The van der Waals surface area contributed by atoms with E-state index in [9.17, 15) is 40.0 Å². The molecule has 0 spiro atoms. The lowest BCUT2D eigenvalue weighted by molar-refractivity contribution is -0.0394. The zero-order valence-corrected chi connectivity index (χ0v) is 15.7. The third-order valence-corrected chi connectivity index (χ3v) is 5.54. The summed E-state index contributed by atoms with van der Waals surface area (Å²) in [7, 11) is -5.30. The maximum atomic E-state index is 13.7. The van der Waals surface area contributed by atoms with E-state index < -0.39 is 68.8 Å². The number of rotatable bonds is 6. The minimum absolute atomic E-state index is 0.0426. The molecule has 0 fully saturated rings. The molecule has 31 heavy (non-hydrogen) atoms. The zero-order valence-electron chi connectivity index (χ0n) is 14.9. The van der Waals surface area contributed by atoms with Gasteiger partial charge in [0.1, 0.15) is 5.75 Å². The molecule has 0 aliphatic carbocycles. The highest BCUT2D eigenvalue weighted by molar-refractivity contribution is 7.89. The summed E-state index contributed by atoms with van der Waals surface area (Å²) in [5.41, 5.74) is 0.262. The second-order valence-electron chi connectivity index (χ2n) is 6.10. The van der Waals surface area contributed by atoms with E-state index in [1.54, 1.807) is 0 Å². The van der Waals surface area contributed by atoms with E-state index in [2.05, 4.69) is 4.74 Å². The van der Waals surface area contributed by atoms with Gasteiger partial charge in [0.2, 0.25) is 15.8 Å². The van der Waals surface area contributed by atoms with Gasteiger partial charge in [-0.1, -0.05) is 0 Å². The molecule has 0 saturated carbocycles. The molecular formula is C17H10F5NO7S. The second-order valence-corrected chi connectivity index (χ2v) is 7.81. The lowest BCUT2D eigenvalue weighted by Gasteiger charge is -2.10. The van der Waals surface area contributed by atoms with Gasteiger partial charge in [-0.05, 0) is 18.2 Å². The smallest absolute Gasteiger partial charge is 0.454 e. The van der Waals surface area contributed by atoms with Crippen molar-refractivity contribution in [2.24, 2.45) is 0 Å². The van der Waals surface area contributed by atoms with Crippen molar-refractivity contribution in [2.75, 3.05) is 6.54 Å². The molecule has 3 rings (SSSR count). The number of ketones is 1. The van der Waals surface area contributed by atoms with Gasteiger partial charge in [-0.2, -0.15) is 0 Å². The molecule has 0 aromatic heterocycles. The van der Waals surface area contributed by atoms with E-state index in [0.717, 1.165) is 0 Å². The first-order chi connectivity index (χ1) is 14.4. The van der Waals surface area contributed by atoms with Gasteiger partial charge in [-0.25, -0.2) is 39.9 Å². The number of halogens is 5. The summed E-state index contributed by atoms with van der Waals surface area (Å²) >= 11 is 0. The highest BCUT2D eigenvalue weighted by Gasteiger charge is 2.34. The highest BCUT2D eigenvalue weighted by atomic mass is 32.2. The highest BCUT2D eigenvalue weighted by Crippen LogP contribution is 2.30. The molecule has 0 bridgehead atoms. The molecule has 1 aliphatic heterocycles. The number of nitrogens with one attached hydrogen (secondary N) is 1. The molecule has 2 aromatic rings. The Bertz CT molecular complexity index is 1170. The van der Waals surface area contributed by atoms with Gasteiger partial charge in [0.25, 0.3) is 6.29 Å². The second kappa shape index (κ2) is 8.11. The molecule has 14 heteroatoms. The first-order valence-electron chi connectivity index (χ1n) is 8.15. The molecule has 0 amide bonds. The number of Topliss-reactive ketones (excluding diaryl/α,β-unsaturated/α-hetero) is 1. The van der Waals surface area contributed by atoms with Crippen LogP contribution in [0, 0.1) is 29.1 Å². The molecule has 8 nitrogen and oxygen atoms in total. The lowest BCUT2D eigenvalue weighted by atomic mass is 10.1. The van der Waals surface area contributed by atoms with Crippen LogP contribution in [-0.4, -0.2) is 38.3 Å². The Morgan fingerprint density at radius 2 is 1.65 bits per heavy atom. The Hall–Kier alpha value is -3.26. The average Bonchev–Trinajstić information content (AvgIpc) is 3.09. The van der Waals surface area contributed by atoms with Gasteiger partial charge in [-0.3, -0.25) is 4.79 Å². The standard InChI is InChI=1S/C17H10F5NO7S/c18-11-12(19)14(21)16(15(22)13(11)20)31(27,28)23-5-8(24)6-1-2-9-7(3-6)4-10(29-9)30-17(25)26/h1-3,10,23H,4-5H2,(H,25,26). The van der Waals surface area contributed by atoms with Gasteiger partial charge in [0.05, 0.1) is 13.0 Å². The number of hydrogen-bond acceptors (Lipinski definition) is 6. The van der Waals surface area contributed by atoms with Crippen LogP contribution >= 0.6 is 0 Å². The number of carbonyl (C=O) groups is 2. The fourth-order valence-electron chi connectivity index (χ4n) is 2.72.